The van der Waals surface area contributed by atoms with Crippen LogP contribution in [0.15, 0.2) is 44.3 Å². The first kappa shape index (κ1) is 18.6. The number of aryl methyl sites for hydroxylation is 1. The molecule has 0 bridgehead atoms. The molecule has 0 spiro atoms. The van der Waals surface area contributed by atoms with E-state index in [1.54, 1.807) is 0 Å². The summed E-state index contributed by atoms with van der Waals surface area (Å²) in [5, 5.41) is 2.91. The number of amides is 2. The number of nitrogens with one attached hydrogen (secondary N) is 2. The Morgan fingerprint density at radius 3 is 2.76 bits per heavy atom. The number of fused-ring (bicyclic) bond motifs is 2. The van der Waals surface area contributed by atoms with Crippen molar-refractivity contribution in [3.63, 3.8) is 0 Å². The number of H-pyrrole nitrogens is 1. The van der Waals surface area contributed by atoms with Crippen molar-refractivity contribution in [2.75, 3.05) is 0 Å². The molecule has 4 rings (SSSR count). The summed E-state index contributed by atoms with van der Waals surface area (Å²) >= 11 is 0. The number of nitrogens with two attached hydrogens (primary N) is 1. The minimum Gasteiger partial charge on any atom is -0.451 e. The highest BCUT2D eigenvalue weighted by Crippen LogP contribution is 2.28. The molecule has 2 aromatic heterocycles. The number of halogens is 1. The SMILES string of the molecule is NC(=O)c1cc2c([nH]c1=O)CCCC2NC(=O)c1cc(=O)c2ccc(F)cc2o1. The van der Waals surface area contributed by atoms with Crippen LogP contribution in [0.2, 0.25) is 0 Å². The number of primary amides is 1. The topological polar surface area (TPSA) is 135 Å². The molecular weight excluding hydrogens is 381 g/mol. The number of hydrogen-bond donors (Lipinski definition) is 3. The van der Waals surface area contributed by atoms with Crippen LogP contribution < -0.4 is 22.0 Å². The maximum absolute atomic E-state index is 13.4. The Morgan fingerprint density at radius 2 is 2.00 bits per heavy atom. The summed E-state index contributed by atoms with van der Waals surface area (Å²) in [6.45, 7) is 0. The van der Waals surface area contributed by atoms with Crippen LogP contribution in [0.4, 0.5) is 4.39 Å². The second-order valence-corrected chi connectivity index (χ2v) is 6.84. The summed E-state index contributed by atoms with van der Waals surface area (Å²) in [7, 11) is 0. The molecule has 8 nitrogen and oxygen atoms in total. The smallest absolute Gasteiger partial charge is 0.287 e. The van der Waals surface area contributed by atoms with Crippen LogP contribution in [0.1, 0.15) is 51.1 Å². The van der Waals surface area contributed by atoms with E-state index in [2.05, 4.69) is 10.3 Å². The second kappa shape index (κ2) is 7.01. The van der Waals surface area contributed by atoms with E-state index in [1.165, 1.54) is 12.1 Å². The molecule has 3 aromatic rings. The van der Waals surface area contributed by atoms with Crippen molar-refractivity contribution in [2.24, 2.45) is 5.73 Å². The lowest BCUT2D eigenvalue weighted by molar-refractivity contribution is 0.0904. The second-order valence-electron chi connectivity index (χ2n) is 6.84. The monoisotopic (exact) mass is 397 g/mol. The van der Waals surface area contributed by atoms with Gasteiger partial charge >= 0.3 is 0 Å². The van der Waals surface area contributed by atoms with Gasteiger partial charge in [-0.2, -0.15) is 0 Å². The number of aromatic amines is 1. The van der Waals surface area contributed by atoms with Gasteiger partial charge in [-0.3, -0.25) is 19.2 Å². The van der Waals surface area contributed by atoms with Crippen LogP contribution in [-0.4, -0.2) is 16.8 Å². The molecule has 0 radical (unpaired) electrons. The van der Waals surface area contributed by atoms with Gasteiger partial charge in [-0.25, -0.2) is 4.39 Å². The number of rotatable bonds is 3. The normalized spacial score (nSPS) is 15.7. The third kappa shape index (κ3) is 3.42. The van der Waals surface area contributed by atoms with Crippen molar-refractivity contribution < 1.29 is 18.4 Å². The highest BCUT2D eigenvalue weighted by molar-refractivity contribution is 5.94. The summed E-state index contributed by atoms with van der Waals surface area (Å²) in [6.07, 6.45) is 1.83. The molecular formula is C20H16FN3O5. The highest BCUT2D eigenvalue weighted by Gasteiger charge is 2.26. The van der Waals surface area contributed by atoms with E-state index in [1.807, 2.05) is 0 Å². The summed E-state index contributed by atoms with van der Waals surface area (Å²) < 4.78 is 18.9. The number of carbonyl (C=O) groups is 2. The van der Waals surface area contributed by atoms with Gasteiger partial charge in [0.15, 0.2) is 11.2 Å². The Balaban J connectivity index is 1.69. The number of benzene rings is 1. The van der Waals surface area contributed by atoms with Crippen molar-refractivity contribution in [2.45, 2.75) is 25.3 Å². The minimum atomic E-state index is -0.868. The summed E-state index contributed by atoms with van der Waals surface area (Å²) in [5.41, 5.74) is 5.15. The first-order valence-corrected chi connectivity index (χ1v) is 8.93. The van der Waals surface area contributed by atoms with Crippen molar-refractivity contribution >= 4 is 22.8 Å². The molecule has 2 heterocycles. The standard InChI is InChI=1S/C20H16FN3O5/c21-9-4-5-10-15(25)8-17(29-16(10)6-9)20(28)24-14-3-1-2-13-11(14)7-12(18(22)26)19(27)23-13/h4-8,14H,1-3H2,(H2,22,26)(H,23,27)(H,24,28). The molecule has 29 heavy (non-hydrogen) atoms. The largest absolute Gasteiger partial charge is 0.451 e. The van der Waals surface area contributed by atoms with Crippen molar-refractivity contribution in [1.29, 1.82) is 0 Å². The van der Waals surface area contributed by atoms with Crippen LogP contribution >= 0.6 is 0 Å². The predicted octanol–water partition coefficient (Wildman–Crippen LogP) is 1.53. The predicted molar refractivity (Wildman–Crippen MR) is 101 cm³/mol. The molecule has 1 aliphatic rings. The van der Waals surface area contributed by atoms with E-state index in [4.69, 9.17) is 10.2 Å². The number of aromatic nitrogens is 1. The van der Waals surface area contributed by atoms with E-state index in [0.29, 0.717) is 30.5 Å². The van der Waals surface area contributed by atoms with Crippen LogP contribution in [0.25, 0.3) is 11.0 Å². The molecule has 1 atom stereocenters. The average Bonchev–Trinajstić information content (AvgIpc) is 2.66. The summed E-state index contributed by atoms with van der Waals surface area (Å²) in [4.78, 5) is 51.0. The van der Waals surface area contributed by atoms with Gasteiger partial charge < -0.3 is 20.5 Å². The van der Waals surface area contributed by atoms with Gasteiger partial charge in [0.25, 0.3) is 17.4 Å². The molecule has 9 heteroatoms. The van der Waals surface area contributed by atoms with Gasteiger partial charge in [-0.05, 0) is 43.0 Å². The van der Waals surface area contributed by atoms with Crippen molar-refractivity contribution in [3.05, 3.63) is 79.3 Å². The van der Waals surface area contributed by atoms with Gasteiger partial charge in [-0.1, -0.05) is 0 Å². The van der Waals surface area contributed by atoms with Crippen LogP contribution in [0, 0.1) is 5.82 Å². The summed E-state index contributed by atoms with van der Waals surface area (Å²) in [5.74, 6) is -2.40. The summed E-state index contributed by atoms with van der Waals surface area (Å²) in [6, 6.07) is 5.36. The maximum atomic E-state index is 13.4. The van der Waals surface area contributed by atoms with Gasteiger partial charge in [0.1, 0.15) is 17.0 Å². The fourth-order valence-corrected chi connectivity index (χ4v) is 3.54. The maximum Gasteiger partial charge on any atom is 0.287 e. The Labute approximate surface area is 162 Å². The minimum absolute atomic E-state index is 0.0351. The Bertz CT molecular complexity index is 1280. The Hall–Kier alpha value is -3.75. The molecule has 4 N–H and O–H groups in total. The first-order chi connectivity index (χ1) is 13.8. The van der Waals surface area contributed by atoms with Crippen molar-refractivity contribution in [3.8, 4) is 0 Å². The van der Waals surface area contributed by atoms with Gasteiger partial charge in [0.05, 0.1) is 11.4 Å². The fourth-order valence-electron chi connectivity index (χ4n) is 3.54. The number of carbonyl (C=O) groups excluding carboxylic acids is 2. The lowest BCUT2D eigenvalue weighted by Gasteiger charge is -2.26. The molecule has 2 amide bonds. The van der Waals surface area contributed by atoms with Gasteiger partial charge in [0, 0.05) is 17.8 Å². The number of pyridine rings is 1. The van der Waals surface area contributed by atoms with Crippen LogP contribution in [0.5, 0.6) is 0 Å². The van der Waals surface area contributed by atoms with E-state index >= 15 is 0 Å². The first-order valence-electron chi connectivity index (χ1n) is 8.93. The third-order valence-electron chi connectivity index (χ3n) is 4.94. The van der Waals surface area contributed by atoms with Gasteiger partial charge in [0.2, 0.25) is 0 Å². The zero-order valence-electron chi connectivity index (χ0n) is 15.1. The lowest BCUT2D eigenvalue weighted by atomic mass is 9.90. The molecule has 0 aliphatic heterocycles. The molecule has 1 aliphatic carbocycles. The van der Waals surface area contributed by atoms with Gasteiger partial charge in [-0.15, -0.1) is 0 Å². The zero-order chi connectivity index (χ0) is 20.7. The van der Waals surface area contributed by atoms with E-state index in [-0.39, 0.29) is 22.3 Å². The van der Waals surface area contributed by atoms with Crippen LogP contribution in [-0.2, 0) is 6.42 Å². The zero-order valence-corrected chi connectivity index (χ0v) is 15.1. The van der Waals surface area contributed by atoms with Crippen molar-refractivity contribution in [1.82, 2.24) is 10.3 Å². The fraction of sp³-hybridized carbons (Fsp3) is 0.200. The molecule has 0 saturated carbocycles. The Morgan fingerprint density at radius 1 is 1.21 bits per heavy atom. The molecule has 1 aromatic carbocycles. The Kier molecular flexibility index (Phi) is 4.50. The average molecular weight is 397 g/mol. The highest BCUT2D eigenvalue weighted by atomic mass is 19.1. The molecule has 0 fully saturated rings. The third-order valence-corrected chi connectivity index (χ3v) is 4.94. The molecule has 0 saturated heterocycles. The van der Waals surface area contributed by atoms with E-state index in [0.717, 1.165) is 18.2 Å². The van der Waals surface area contributed by atoms with E-state index in [9.17, 15) is 23.6 Å². The van der Waals surface area contributed by atoms with E-state index < -0.39 is 34.7 Å². The van der Waals surface area contributed by atoms with Crippen LogP contribution in [0.3, 0.4) is 0 Å². The lowest BCUT2D eigenvalue weighted by Crippen LogP contribution is -2.34. The number of hydrogen-bond acceptors (Lipinski definition) is 5. The quantitative estimate of drug-likeness (QED) is 0.616. The molecule has 148 valence electrons. The molecule has 1 unspecified atom stereocenters.